The minimum atomic E-state index is -1.02. The molecule has 0 N–H and O–H groups in total. The Morgan fingerprint density at radius 2 is 1.78 bits per heavy atom. The first-order chi connectivity index (χ1) is 11.0. The van der Waals surface area contributed by atoms with Gasteiger partial charge in [-0.2, -0.15) is 0 Å². The van der Waals surface area contributed by atoms with Gasteiger partial charge < -0.3 is 9.47 Å². The molecule has 1 aliphatic heterocycles. The molecule has 0 amide bonds. The van der Waals surface area contributed by atoms with Crippen LogP contribution in [0.5, 0.6) is 11.5 Å². The fourth-order valence-electron chi connectivity index (χ4n) is 2.24. The Labute approximate surface area is 136 Å². The highest BCUT2D eigenvalue weighted by Crippen LogP contribution is 2.36. The van der Waals surface area contributed by atoms with Crippen LogP contribution in [0.15, 0.2) is 41.3 Å². The van der Waals surface area contributed by atoms with E-state index in [1.165, 1.54) is 17.8 Å². The summed E-state index contributed by atoms with van der Waals surface area (Å²) in [6.07, 6.45) is 0. The van der Waals surface area contributed by atoms with Crippen LogP contribution in [0.1, 0.15) is 17.3 Å². The van der Waals surface area contributed by atoms with Crippen LogP contribution in [0.4, 0.5) is 8.78 Å². The van der Waals surface area contributed by atoms with Gasteiger partial charge in [0.1, 0.15) is 13.2 Å². The number of carbonyl (C=O) groups is 1. The maximum Gasteiger partial charge on any atom is 0.175 e. The summed E-state index contributed by atoms with van der Waals surface area (Å²) >= 11 is 1.33. The fourth-order valence-corrected chi connectivity index (χ4v) is 3.21. The minimum Gasteiger partial charge on any atom is -0.486 e. The van der Waals surface area contributed by atoms with E-state index in [1.54, 1.807) is 13.0 Å². The van der Waals surface area contributed by atoms with Crippen LogP contribution in [-0.2, 0) is 0 Å². The molecule has 23 heavy (non-hydrogen) atoms. The molecule has 3 nitrogen and oxygen atoms in total. The number of carbonyl (C=O) groups excluding carboxylic acids is 1. The molecule has 1 atom stereocenters. The molecular formula is C17H14F2O3S. The number of hydrogen-bond acceptors (Lipinski definition) is 4. The molecule has 0 spiro atoms. The van der Waals surface area contributed by atoms with Crippen LogP contribution in [0, 0.1) is 11.6 Å². The molecule has 1 aliphatic rings. The Morgan fingerprint density at radius 3 is 2.52 bits per heavy atom. The second-order valence-corrected chi connectivity index (χ2v) is 6.47. The zero-order valence-corrected chi connectivity index (χ0v) is 13.2. The van der Waals surface area contributed by atoms with E-state index in [1.807, 2.05) is 12.1 Å². The topological polar surface area (TPSA) is 35.5 Å². The van der Waals surface area contributed by atoms with E-state index in [9.17, 15) is 13.6 Å². The van der Waals surface area contributed by atoms with Crippen LogP contribution in [-0.4, -0.2) is 24.2 Å². The summed E-state index contributed by atoms with van der Waals surface area (Å²) in [7, 11) is 0. The lowest BCUT2D eigenvalue weighted by molar-refractivity contribution is 0.0993. The van der Waals surface area contributed by atoms with Gasteiger partial charge in [-0.05, 0) is 43.3 Å². The van der Waals surface area contributed by atoms with Gasteiger partial charge in [0.05, 0.1) is 5.25 Å². The van der Waals surface area contributed by atoms with Crippen molar-refractivity contribution in [1.29, 1.82) is 0 Å². The number of benzene rings is 2. The first kappa shape index (κ1) is 15.8. The monoisotopic (exact) mass is 336 g/mol. The van der Waals surface area contributed by atoms with E-state index in [4.69, 9.17) is 9.47 Å². The number of halogens is 2. The van der Waals surface area contributed by atoms with Gasteiger partial charge in [0, 0.05) is 10.5 Å². The maximum absolute atomic E-state index is 13.3. The maximum atomic E-state index is 13.3. The average Bonchev–Trinajstić information content (AvgIpc) is 2.56. The van der Waals surface area contributed by atoms with Gasteiger partial charge in [-0.1, -0.05) is 0 Å². The quantitative estimate of drug-likeness (QED) is 0.622. The second kappa shape index (κ2) is 6.58. The molecule has 0 saturated carbocycles. The molecule has 1 unspecified atom stereocenters. The van der Waals surface area contributed by atoms with Gasteiger partial charge in [-0.3, -0.25) is 4.79 Å². The van der Waals surface area contributed by atoms with Gasteiger partial charge in [-0.25, -0.2) is 8.78 Å². The molecule has 3 rings (SSSR count). The summed E-state index contributed by atoms with van der Waals surface area (Å²) in [6, 6.07) is 8.64. The smallest absolute Gasteiger partial charge is 0.175 e. The van der Waals surface area contributed by atoms with E-state index in [0.717, 1.165) is 17.0 Å². The lowest BCUT2D eigenvalue weighted by Gasteiger charge is -2.19. The zero-order valence-electron chi connectivity index (χ0n) is 12.3. The first-order valence-corrected chi connectivity index (χ1v) is 7.98. The second-order valence-electron chi connectivity index (χ2n) is 5.06. The van der Waals surface area contributed by atoms with Crippen molar-refractivity contribution in [2.45, 2.75) is 17.1 Å². The molecule has 2 aromatic rings. The van der Waals surface area contributed by atoms with Crippen LogP contribution in [0.3, 0.4) is 0 Å². The number of fused-ring (bicyclic) bond motifs is 1. The third kappa shape index (κ3) is 3.47. The van der Waals surface area contributed by atoms with E-state index >= 15 is 0 Å². The number of thioether (sulfide) groups is 1. The van der Waals surface area contributed by atoms with Crippen LogP contribution in [0.2, 0.25) is 0 Å². The van der Waals surface area contributed by atoms with Crippen LogP contribution in [0.25, 0.3) is 0 Å². The molecule has 2 aromatic carbocycles. The molecule has 0 radical (unpaired) electrons. The summed E-state index contributed by atoms with van der Waals surface area (Å²) in [5.74, 6) is -0.918. The minimum absolute atomic E-state index is 0.154. The lowest BCUT2D eigenvalue weighted by atomic mass is 10.1. The van der Waals surface area contributed by atoms with Gasteiger partial charge in [0.2, 0.25) is 0 Å². The highest BCUT2D eigenvalue weighted by atomic mass is 32.2. The molecule has 0 aromatic heterocycles. The predicted octanol–water partition coefficient (Wildman–Crippen LogP) is 4.10. The summed E-state index contributed by atoms with van der Waals surface area (Å²) < 4.78 is 37.2. The van der Waals surface area contributed by atoms with Crippen molar-refractivity contribution >= 4 is 17.5 Å². The molecule has 120 valence electrons. The Bertz CT molecular complexity index is 749. The third-order valence-corrected chi connectivity index (χ3v) is 4.49. The van der Waals surface area contributed by atoms with Gasteiger partial charge >= 0.3 is 0 Å². The summed E-state index contributed by atoms with van der Waals surface area (Å²) in [6.45, 7) is 2.74. The molecule has 0 fully saturated rings. The average molecular weight is 336 g/mol. The third-order valence-electron chi connectivity index (χ3n) is 3.40. The number of ketones is 1. The number of hydrogen-bond donors (Lipinski definition) is 0. The number of ether oxygens (including phenoxy) is 2. The van der Waals surface area contributed by atoms with E-state index in [-0.39, 0.29) is 11.3 Å². The Morgan fingerprint density at radius 1 is 1.04 bits per heavy atom. The highest BCUT2D eigenvalue weighted by molar-refractivity contribution is 8.00. The summed E-state index contributed by atoms with van der Waals surface area (Å²) in [5.41, 5.74) is 0.154. The van der Waals surface area contributed by atoms with E-state index < -0.39 is 16.9 Å². The Kier molecular flexibility index (Phi) is 4.52. The van der Waals surface area contributed by atoms with Crippen LogP contribution >= 0.6 is 11.8 Å². The van der Waals surface area contributed by atoms with Crippen molar-refractivity contribution in [3.8, 4) is 11.5 Å². The van der Waals surface area contributed by atoms with Crippen molar-refractivity contribution in [1.82, 2.24) is 0 Å². The van der Waals surface area contributed by atoms with Gasteiger partial charge in [-0.15, -0.1) is 11.8 Å². The van der Waals surface area contributed by atoms with Crippen molar-refractivity contribution in [3.05, 3.63) is 53.6 Å². The number of rotatable bonds is 4. The fraction of sp³-hybridized carbons (Fsp3) is 0.235. The molecule has 1 heterocycles. The van der Waals surface area contributed by atoms with Gasteiger partial charge in [0.25, 0.3) is 0 Å². The summed E-state index contributed by atoms with van der Waals surface area (Å²) in [5, 5.41) is -0.442. The molecule has 0 aliphatic carbocycles. The van der Waals surface area contributed by atoms with E-state index in [0.29, 0.717) is 24.7 Å². The lowest BCUT2D eigenvalue weighted by Crippen LogP contribution is -2.16. The van der Waals surface area contributed by atoms with Crippen molar-refractivity contribution in [2.75, 3.05) is 13.2 Å². The predicted molar refractivity (Wildman–Crippen MR) is 83.4 cm³/mol. The van der Waals surface area contributed by atoms with Crippen molar-refractivity contribution in [3.63, 3.8) is 0 Å². The SMILES string of the molecule is CC(Sc1ccc2c(c1)OCCO2)C(=O)c1ccc(F)c(F)c1. The van der Waals surface area contributed by atoms with Crippen molar-refractivity contribution in [2.24, 2.45) is 0 Å². The van der Waals surface area contributed by atoms with Crippen molar-refractivity contribution < 1.29 is 23.0 Å². The van der Waals surface area contributed by atoms with Crippen LogP contribution < -0.4 is 9.47 Å². The molecule has 0 bridgehead atoms. The largest absolute Gasteiger partial charge is 0.486 e. The first-order valence-electron chi connectivity index (χ1n) is 7.10. The Hall–Kier alpha value is -2.08. The number of Topliss-reactive ketones (excluding diaryl/α,β-unsaturated/α-hetero) is 1. The highest BCUT2D eigenvalue weighted by Gasteiger charge is 2.19. The molecule has 6 heteroatoms. The zero-order chi connectivity index (χ0) is 16.4. The Balaban J connectivity index is 1.74. The summed E-state index contributed by atoms with van der Waals surface area (Å²) in [4.78, 5) is 13.2. The normalized spacial score (nSPS) is 14.4. The van der Waals surface area contributed by atoms with Gasteiger partial charge in [0.15, 0.2) is 28.9 Å². The van der Waals surface area contributed by atoms with E-state index in [2.05, 4.69) is 0 Å². The standard InChI is InChI=1S/C17H14F2O3S/c1-10(17(20)11-2-4-13(18)14(19)8-11)23-12-3-5-15-16(9-12)22-7-6-21-15/h2-5,8-10H,6-7H2,1H3. The molecular weight excluding hydrogens is 322 g/mol. The molecule has 0 saturated heterocycles.